The van der Waals surface area contributed by atoms with Crippen LogP contribution >= 0.6 is 21.6 Å². The van der Waals surface area contributed by atoms with Gasteiger partial charge in [0, 0.05) is 37.6 Å². The molecule has 1 fully saturated rings. The van der Waals surface area contributed by atoms with Gasteiger partial charge in [0.2, 0.25) is 0 Å². The lowest BCUT2D eigenvalue weighted by Gasteiger charge is -2.25. The fourth-order valence-electron chi connectivity index (χ4n) is 2.16. The number of ether oxygens (including phenoxy) is 5. The average Bonchev–Trinajstić information content (AvgIpc) is 3.05. The lowest BCUT2D eigenvalue weighted by molar-refractivity contribution is -0.145. The standard InChI is InChI=1S/C16H28O7S2/c1-19-8-9-21-14(17)6-4-3-5-7-22-15(18)23-11-16(10-20-2)12-24-25-13-16/h3-13H2,1-2H3. The molecule has 0 aliphatic carbocycles. The molecule has 0 amide bonds. The molecule has 1 rings (SSSR count). The van der Waals surface area contributed by atoms with Gasteiger partial charge in [-0.25, -0.2) is 4.79 Å². The van der Waals surface area contributed by atoms with Gasteiger partial charge < -0.3 is 23.7 Å². The van der Waals surface area contributed by atoms with Gasteiger partial charge in [0.1, 0.15) is 13.2 Å². The highest BCUT2D eigenvalue weighted by Gasteiger charge is 2.37. The molecule has 0 radical (unpaired) electrons. The molecule has 0 unspecified atom stereocenters. The van der Waals surface area contributed by atoms with E-state index in [0.29, 0.717) is 45.7 Å². The molecular formula is C16H28O7S2. The molecule has 0 aromatic heterocycles. The van der Waals surface area contributed by atoms with E-state index in [0.717, 1.165) is 17.9 Å². The smallest absolute Gasteiger partial charge is 0.463 e. The van der Waals surface area contributed by atoms with E-state index in [2.05, 4.69) is 0 Å². The summed E-state index contributed by atoms with van der Waals surface area (Å²) in [5.41, 5.74) is -0.119. The Hall–Kier alpha value is -0.640. The lowest BCUT2D eigenvalue weighted by atomic mass is 9.95. The average molecular weight is 397 g/mol. The molecule has 0 atom stereocenters. The number of rotatable bonds is 13. The second kappa shape index (κ2) is 13.5. The summed E-state index contributed by atoms with van der Waals surface area (Å²) in [4.78, 5) is 23.0. The maximum Gasteiger partial charge on any atom is 0.508 e. The van der Waals surface area contributed by atoms with E-state index in [1.165, 1.54) is 0 Å². The Labute approximate surface area is 157 Å². The summed E-state index contributed by atoms with van der Waals surface area (Å²) in [5, 5.41) is 0. The molecule has 0 spiro atoms. The fourth-order valence-corrected chi connectivity index (χ4v) is 5.49. The van der Waals surface area contributed by atoms with Crippen LogP contribution in [0.15, 0.2) is 0 Å². The maximum absolute atomic E-state index is 11.6. The van der Waals surface area contributed by atoms with Crippen LogP contribution in [0.4, 0.5) is 4.79 Å². The Balaban J connectivity index is 2.00. The van der Waals surface area contributed by atoms with Gasteiger partial charge in [-0.1, -0.05) is 21.6 Å². The molecule has 1 aliphatic rings. The summed E-state index contributed by atoms with van der Waals surface area (Å²) in [6.45, 7) is 1.86. The number of carbonyl (C=O) groups is 2. The molecule has 0 aromatic carbocycles. The summed E-state index contributed by atoms with van der Waals surface area (Å²) in [7, 11) is 6.75. The van der Waals surface area contributed by atoms with Crippen LogP contribution in [0, 0.1) is 5.41 Å². The quantitative estimate of drug-likeness (QED) is 0.265. The van der Waals surface area contributed by atoms with Gasteiger partial charge in [-0.2, -0.15) is 0 Å². The Morgan fingerprint density at radius 3 is 2.28 bits per heavy atom. The van der Waals surface area contributed by atoms with Crippen LogP contribution in [0.1, 0.15) is 25.7 Å². The maximum atomic E-state index is 11.6. The molecule has 0 aromatic rings. The van der Waals surface area contributed by atoms with Gasteiger partial charge in [-0.15, -0.1) is 0 Å². The molecule has 1 aliphatic heterocycles. The molecule has 9 heteroatoms. The first-order valence-electron chi connectivity index (χ1n) is 8.29. The molecular weight excluding hydrogens is 368 g/mol. The van der Waals surface area contributed by atoms with E-state index >= 15 is 0 Å². The minimum absolute atomic E-state index is 0.119. The van der Waals surface area contributed by atoms with Crippen LogP contribution in [0.25, 0.3) is 0 Å². The van der Waals surface area contributed by atoms with E-state index in [-0.39, 0.29) is 18.0 Å². The molecule has 0 saturated carbocycles. The largest absolute Gasteiger partial charge is 0.508 e. The second-order valence-corrected chi connectivity index (χ2v) is 8.33. The highest BCUT2D eigenvalue weighted by Crippen LogP contribution is 2.43. The third-order valence-corrected chi connectivity index (χ3v) is 6.39. The first-order valence-corrected chi connectivity index (χ1v) is 10.8. The number of carbonyl (C=O) groups excluding carboxylic acids is 2. The lowest BCUT2D eigenvalue weighted by Crippen LogP contribution is -2.35. The van der Waals surface area contributed by atoms with Gasteiger partial charge in [0.15, 0.2) is 0 Å². The number of methoxy groups -OCH3 is 2. The fraction of sp³-hybridized carbons (Fsp3) is 0.875. The molecule has 1 heterocycles. The van der Waals surface area contributed by atoms with Crippen molar-refractivity contribution in [3.05, 3.63) is 0 Å². The number of hydrogen-bond acceptors (Lipinski definition) is 9. The van der Waals surface area contributed by atoms with E-state index in [1.807, 2.05) is 0 Å². The number of esters is 1. The van der Waals surface area contributed by atoms with Crippen LogP contribution < -0.4 is 0 Å². The van der Waals surface area contributed by atoms with Gasteiger partial charge in [0.05, 0.1) is 19.8 Å². The van der Waals surface area contributed by atoms with Gasteiger partial charge >= 0.3 is 12.1 Å². The minimum Gasteiger partial charge on any atom is -0.463 e. The topological polar surface area (TPSA) is 80.3 Å². The van der Waals surface area contributed by atoms with Gasteiger partial charge in [-0.3, -0.25) is 4.79 Å². The Morgan fingerprint density at radius 2 is 1.60 bits per heavy atom. The Bertz CT molecular complexity index is 387. The van der Waals surface area contributed by atoms with E-state index in [4.69, 9.17) is 23.7 Å². The molecule has 25 heavy (non-hydrogen) atoms. The van der Waals surface area contributed by atoms with Crippen molar-refractivity contribution >= 4 is 33.7 Å². The third-order valence-electron chi connectivity index (χ3n) is 3.56. The van der Waals surface area contributed by atoms with Crippen molar-refractivity contribution in [3.8, 4) is 0 Å². The summed E-state index contributed by atoms with van der Waals surface area (Å²) in [5.74, 6) is 1.58. The zero-order chi connectivity index (χ0) is 18.4. The van der Waals surface area contributed by atoms with Crippen LogP contribution in [0.3, 0.4) is 0 Å². The molecule has 0 N–H and O–H groups in total. The zero-order valence-corrected chi connectivity index (χ0v) is 16.6. The van der Waals surface area contributed by atoms with E-state index < -0.39 is 6.16 Å². The van der Waals surface area contributed by atoms with Gasteiger partial charge in [0.25, 0.3) is 0 Å². The van der Waals surface area contributed by atoms with Crippen molar-refractivity contribution in [1.82, 2.24) is 0 Å². The van der Waals surface area contributed by atoms with Gasteiger partial charge in [-0.05, 0) is 19.3 Å². The van der Waals surface area contributed by atoms with Crippen LogP contribution in [-0.2, 0) is 28.5 Å². The molecule has 146 valence electrons. The SMILES string of the molecule is COCCOC(=O)CCCCCOC(=O)OCC1(COC)CSSC1. The van der Waals surface area contributed by atoms with Crippen molar-refractivity contribution in [1.29, 1.82) is 0 Å². The second-order valence-electron chi connectivity index (χ2n) is 5.87. The van der Waals surface area contributed by atoms with Crippen molar-refractivity contribution in [2.45, 2.75) is 25.7 Å². The third kappa shape index (κ3) is 10.2. The number of hydrogen-bond donors (Lipinski definition) is 0. The minimum atomic E-state index is -0.642. The monoisotopic (exact) mass is 396 g/mol. The van der Waals surface area contributed by atoms with Crippen LogP contribution in [-0.4, -0.2) is 70.9 Å². The first kappa shape index (κ1) is 22.4. The van der Waals surface area contributed by atoms with E-state index in [9.17, 15) is 9.59 Å². The van der Waals surface area contributed by atoms with Crippen molar-refractivity contribution in [3.63, 3.8) is 0 Å². The van der Waals surface area contributed by atoms with Crippen LogP contribution in [0.2, 0.25) is 0 Å². The van der Waals surface area contributed by atoms with Crippen molar-refractivity contribution in [2.24, 2.45) is 5.41 Å². The summed E-state index contributed by atoms with van der Waals surface area (Å²) in [6.07, 6.45) is 1.90. The summed E-state index contributed by atoms with van der Waals surface area (Å²) < 4.78 is 25.3. The molecule has 7 nitrogen and oxygen atoms in total. The zero-order valence-electron chi connectivity index (χ0n) is 15.0. The van der Waals surface area contributed by atoms with E-state index in [1.54, 1.807) is 35.8 Å². The van der Waals surface area contributed by atoms with Crippen molar-refractivity contribution < 1.29 is 33.3 Å². The van der Waals surface area contributed by atoms with Crippen molar-refractivity contribution in [2.75, 3.05) is 58.8 Å². The Morgan fingerprint density at radius 1 is 0.840 bits per heavy atom. The first-order chi connectivity index (χ1) is 12.1. The molecule has 1 saturated heterocycles. The predicted molar refractivity (Wildman–Crippen MR) is 97.8 cm³/mol. The van der Waals surface area contributed by atoms with Crippen LogP contribution in [0.5, 0.6) is 0 Å². The highest BCUT2D eigenvalue weighted by molar-refractivity contribution is 8.77. The highest BCUT2D eigenvalue weighted by atomic mass is 33.1. The summed E-state index contributed by atoms with van der Waals surface area (Å²) >= 11 is 0. The summed E-state index contributed by atoms with van der Waals surface area (Å²) in [6, 6.07) is 0. The molecule has 0 bridgehead atoms. The predicted octanol–water partition coefficient (Wildman–Crippen LogP) is 2.92. The number of unbranched alkanes of at least 4 members (excludes halogenated alkanes) is 2. The normalized spacial score (nSPS) is 15.8. The Kier molecular flexibility index (Phi) is 12.1.